The third-order valence-electron chi connectivity index (χ3n) is 2.09. The number of nitrogens with one attached hydrogen (secondary N) is 1. The number of carbonyl (C=O) groups excluding carboxylic acids is 1. The van der Waals surface area contributed by atoms with E-state index in [0.717, 1.165) is 24.3 Å². The molecule has 5 heteroatoms. The minimum Gasteiger partial charge on any atom is -0.464 e. The molecule has 0 aliphatic carbocycles. The summed E-state index contributed by atoms with van der Waals surface area (Å²) in [6, 6.07) is 0. The van der Waals surface area contributed by atoms with E-state index in [4.69, 9.17) is 4.52 Å². The number of methoxy groups -OCH3 is 1. The Labute approximate surface area is 75.0 Å². The molecule has 0 spiro atoms. The second-order valence-electron chi connectivity index (χ2n) is 2.85. The summed E-state index contributed by atoms with van der Waals surface area (Å²) in [6.45, 7) is 1.48. The molecule has 0 amide bonds. The topological polar surface area (TPSA) is 64.4 Å². The number of esters is 1. The van der Waals surface area contributed by atoms with Crippen LogP contribution < -0.4 is 5.32 Å². The largest absolute Gasteiger partial charge is 0.464 e. The van der Waals surface area contributed by atoms with Gasteiger partial charge in [-0.15, -0.1) is 0 Å². The fourth-order valence-electron chi connectivity index (χ4n) is 1.41. The zero-order chi connectivity index (χ0) is 9.26. The Hall–Kier alpha value is -1.36. The molecule has 1 aliphatic heterocycles. The molecule has 13 heavy (non-hydrogen) atoms. The molecule has 2 rings (SSSR count). The smallest absolute Gasteiger partial charge is 0.360 e. The van der Waals surface area contributed by atoms with Crippen molar-refractivity contribution in [2.75, 3.05) is 13.7 Å². The summed E-state index contributed by atoms with van der Waals surface area (Å²) < 4.78 is 9.58. The van der Waals surface area contributed by atoms with Crippen LogP contribution in [0.3, 0.4) is 0 Å². The Balaban J connectivity index is 2.36. The first-order valence-corrected chi connectivity index (χ1v) is 4.09. The molecule has 0 bridgehead atoms. The molecule has 1 aliphatic rings. The maximum atomic E-state index is 11.2. The number of carbonyl (C=O) groups is 1. The van der Waals surface area contributed by atoms with Crippen LogP contribution in [0.5, 0.6) is 0 Å². The van der Waals surface area contributed by atoms with E-state index < -0.39 is 5.97 Å². The summed E-state index contributed by atoms with van der Waals surface area (Å²) in [4.78, 5) is 11.2. The molecule has 1 aromatic heterocycles. The van der Waals surface area contributed by atoms with E-state index in [0.29, 0.717) is 12.2 Å². The van der Waals surface area contributed by atoms with Crippen molar-refractivity contribution >= 4 is 5.97 Å². The molecule has 0 saturated carbocycles. The third kappa shape index (κ3) is 1.31. The van der Waals surface area contributed by atoms with Gasteiger partial charge in [-0.25, -0.2) is 4.79 Å². The van der Waals surface area contributed by atoms with Crippen molar-refractivity contribution in [3.8, 4) is 0 Å². The lowest BCUT2D eigenvalue weighted by atomic mass is 10.1. The lowest BCUT2D eigenvalue weighted by Gasteiger charge is -2.09. The van der Waals surface area contributed by atoms with Crippen LogP contribution in [0.1, 0.15) is 21.8 Å². The molecule has 1 N–H and O–H groups in total. The number of hydrogen-bond acceptors (Lipinski definition) is 5. The monoisotopic (exact) mass is 182 g/mol. The molecular weight excluding hydrogens is 172 g/mol. The van der Waals surface area contributed by atoms with Crippen LogP contribution in [0, 0.1) is 0 Å². The molecule has 0 fully saturated rings. The maximum Gasteiger partial charge on any atom is 0.360 e. The van der Waals surface area contributed by atoms with E-state index >= 15 is 0 Å². The lowest BCUT2D eigenvalue weighted by molar-refractivity contribution is 0.0588. The van der Waals surface area contributed by atoms with Gasteiger partial charge in [0.25, 0.3) is 0 Å². The van der Waals surface area contributed by atoms with Crippen LogP contribution >= 0.6 is 0 Å². The van der Waals surface area contributed by atoms with Gasteiger partial charge in [-0.2, -0.15) is 0 Å². The van der Waals surface area contributed by atoms with Crippen molar-refractivity contribution < 1.29 is 14.1 Å². The highest BCUT2D eigenvalue weighted by Gasteiger charge is 2.23. The van der Waals surface area contributed by atoms with Crippen molar-refractivity contribution in [3.63, 3.8) is 0 Å². The van der Waals surface area contributed by atoms with Gasteiger partial charge in [0.15, 0.2) is 11.5 Å². The van der Waals surface area contributed by atoms with Crippen LogP contribution in [0.4, 0.5) is 0 Å². The first kappa shape index (κ1) is 8.25. The van der Waals surface area contributed by atoms with Gasteiger partial charge in [-0.3, -0.25) is 0 Å². The fourth-order valence-corrected chi connectivity index (χ4v) is 1.41. The van der Waals surface area contributed by atoms with E-state index in [1.54, 1.807) is 0 Å². The first-order chi connectivity index (χ1) is 6.33. The van der Waals surface area contributed by atoms with Gasteiger partial charge < -0.3 is 14.6 Å². The normalized spacial score (nSPS) is 15.2. The molecule has 0 aromatic carbocycles. The fraction of sp³-hybridized carbons (Fsp3) is 0.500. The first-order valence-electron chi connectivity index (χ1n) is 4.09. The van der Waals surface area contributed by atoms with Gasteiger partial charge in [0.05, 0.1) is 13.7 Å². The summed E-state index contributed by atoms with van der Waals surface area (Å²) in [7, 11) is 1.34. The number of rotatable bonds is 1. The molecule has 2 heterocycles. The third-order valence-corrected chi connectivity index (χ3v) is 2.09. The Morgan fingerprint density at radius 2 is 2.54 bits per heavy atom. The summed E-state index contributed by atoms with van der Waals surface area (Å²) >= 11 is 0. The number of aromatic nitrogens is 1. The minimum absolute atomic E-state index is 0.319. The van der Waals surface area contributed by atoms with E-state index in [2.05, 4.69) is 15.2 Å². The van der Waals surface area contributed by atoms with E-state index in [1.165, 1.54) is 7.11 Å². The number of fused-ring (bicyclic) bond motifs is 1. The van der Waals surface area contributed by atoms with E-state index in [1.807, 2.05) is 0 Å². The van der Waals surface area contributed by atoms with Crippen LogP contribution in [0.15, 0.2) is 4.52 Å². The highest BCUT2D eigenvalue weighted by atomic mass is 16.5. The highest BCUT2D eigenvalue weighted by molar-refractivity contribution is 5.88. The molecule has 0 saturated heterocycles. The Kier molecular flexibility index (Phi) is 2.02. The number of hydrogen-bond donors (Lipinski definition) is 1. The SMILES string of the molecule is COC(=O)c1noc2c1CCNC2. The average molecular weight is 182 g/mol. The zero-order valence-electron chi connectivity index (χ0n) is 7.29. The summed E-state index contributed by atoms with van der Waals surface area (Å²) in [5, 5.41) is 6.80. The second kappa shape index (κ2) is 3.18. The Morgan fingerprint density at radius 3 is 3.31 bits per heavy atom. The predicted octanol–water partition coefficient (Wildman–Crippen LogP) is 0.107. The number of nitrogens with zero attached hydrogens (tertiary/aromatic N) is 1. The summed E-state index contributed by atoms with van der Waals surface area (Å²) in [5.41, 5.74) is 1.20. The standard InChI is InChI=1S/C8H10N2O3/c1-12-8(11)7-5-2-3-9-4-6(5)13-10-7/h9H,2-4H2,1H3. The van der Waals surface area contributed by atoms with Gasteiger partial charge in [-0.05, 0) is 13.0 Å². The predicted molar refractivity (Wildman–Crippen MR) is 43.3 cm³/mol. The van der Waals surface area contributed by atoms with E-state index in [9.17, 15) is 4.79 Å². The van der Waals surface area contributed by atoms with E-state index in [-0.39, 0.29) is 0 Å². The average Bonchev–Trinajstić information content (AvgIpc) is 2.60. The second-order valence-corrected chi connectivity index (χ2v) is 2.85. The van der Waals surface area contributed by atoms with Crippen molar-refractivity contribution in [1.29, 1.82) is 0 Å². The molecule has 1 aromatic rings. The maximum absolute atomic E-state index is 11.2. The zero-order valence-corrected chi connectivity index (χ0v) is 7.29. The van der Waals surface area contributed by atoms with Crippen LogP contribution in [-0.2, 0) is 17.7 Å². The molecule has 0 atom stereocenters. The van der Waals surface area contributed by atoms with Crippen molar-refractivity contribution in [2.45, 2.75) is 13.0 Å². The molecular formula is C8H10N2O3. The van der Waals surface area contributed by atoms with Crippen molar-refractivity contribution in [2.24, 2.45) is 0 Å². The molecule has 70 valence electrons. The lowest BCUT2D eigenvalue weighted by Crippen LogP contribution is -2.23. The van der Waals surface area contributed by atoms with Crippen molar-refractivity contribution in [3.05, 3.63) is 17.0 Å². The van der Waals surface area contributed by atoms with Crippen LogP contribution in [-0.4, -0.2) is 24.8 Å². The minimum atomic E-state index is -0.424. The highest BCUT2D eigenvalue weighted by Crippen LogP contribution is 2.18. The van der Waals surface area contributed by atoms with Crippen LogP contribution in [0.25, 0.3) is 0 Å². The van der Waals surface area contributed by atoms with Crippen molar-refractivity contribution in [1.82, 2.24) is 10.5 Å². The Bertz CT molecular complexity index is 332. The van der Waals surface area contributed by atoms with Crippen LogP contribution in [0.2, 0.25) is 0 Å². The summed E-state index contributed by atoms with van der Waals surface area (Å²) in [6.07, 6.45) is 0.767. The van der Waals surface area contributed by atoms with Gasteiger partial charge in [0, 0.05) is 5.56 Å². The number of ether oxygens (including phenoxy) is 1. The van der Waals surface area contributed by atoms with Gasteiger partial charge in [-0.1, -0.05) is 5.16 Å². The van der Waals surface area contributed by atoms with Gasteiger partial charge in [0.2, 0.25) is 0 Å². The van der Waals surface area contributed by atoms with Gasteiger partial charge >= 0.3 is 5.97 Å². The van der Waals surface area contributed by atoms with Gasteiger partial charge in [0.1, 0.15) is 0 Å². The molecule has 5 nitrogen and oxygen atoms in total. The molecule has 0 unspecified atom stereocenters. The quantitative estimate of drug-likeness (QED) is 0.624. The molecule has 0 radical (unpaired) electrons. The Morgan fingerprint density at radius 1 is 1.69 bits per heavy atom. The summed E-state index contributed by atoms with van der Waals surface area (Å²) in [5.74, 6) is 0.318.